The molecule has 4 nitrogen and oxygen atoms in total. The van der Waals surface area contributed by atoms with E-state index in [1.54, 1.807) is 42.5 Å². The zero-order valence-electron chi connectivity index (χ0n) is 12.1. The van der Waals surface area contributed by atoms with Gasteiger partial charge >= 0.3 is 0 Å². The van der Waals surface area contributed by atoms with Crippen molar-refractivity contribution in [2.75, 3.05) is 11.9 Å². The summed E-state index contributed by atoms with van der Waals surface area (Å²) in [4.78, 5) is 23.5. The molecular weight excluding hydrogens is 266 g/mol. The predicted molar refractivity (Wildman–Crippen MR) is 82.0 cm³/mol. The number of benzene rings is 2. The Hall–Kier alpha value is -2.62. The van der Waals surface area contributed by atoms with Gasteiger partial charge in [-0.1, -0.05) is 12.1 Å². The first-order chi connectivity index (χ1) is 10.1. The van der Waals surface area contributed by atoms with E-state index in [-0.39, 0.29) is 11.7 Å². The van der Waals surface area contributed by atoms with E-state index in [0.717, 1.165) is 0 Å². The highest BCUT2D eigenvalue weighted by molar-refractivity contribution is 6.06. The van der Waals surface area contributed by atoms with Gasteiger partial charge in [0.25, 0.3) is 5.91 Å². The minimum Gasteiger partial charge on any atom is -0.493 e. The first-order valence-electron chi connectivity index (χ1n) is 6.76. The Bertz CT molecular complexity index is 647. The number of amides is 1. The van der Waals surface area contributed by atoms with Crippen LogP contribution in [0.4, 0.5) is 5.69 Å². The van der Waals surface area contributed by atoms with Crippen LogP contribution in [-0.4, -0.2) is 18.3 Å². The number of rotatable bonds is 5. The molecule has 0 aliphatic rings. The van der Waals surface area contributed by atoms with Gasteiger partial charge in [0, 0.05) is 11.3 Å². The standard InChI is InChI=1S/C17H17NO3/c1-3-21-16-7-5-4-6-15(16)17(20)18-14-10-8-13(9-11-14)12(2)19/h4-11H,3H2,1-2H3,(H,18,20). The van der Waals surface area contributed by atoms with E-state index >= 15 is 0 Å². The monoisotopic (exact) mass is 283 g/mol. The summed E-state index contributed by atoms with van der Waals surface area (Å²) in [5.41, 5.74) is 1.73. The molecule has 0 saturated carbocycles. The zero-order chi connectivity index (χ0) is 15.2. The van der Waals surface area contributed by atoms with Crippen LogP contribution in [0.1, 0.15) is 34.6 Å². The molecule has 2 aromatic carbocycles. The molecule has 1 N–H and O–H groups in total. The Morgan fingerprint density at radius 1 is 1.05 bits per heavy atom. The van der Waals surface area contributed by atoms with Crippen LogP contribution in [0.3, 0.4) is 0 Å². The molecule has 0 aromatic heterocycles. The van der Waals surface area contributed by atoms with E-state index in [1.807, 2.05) is 13.0 Å². The smallest absolute Gasteiger partial charge is 0.259 e. The number of hydrogen-bond acceptors (Lipinski definition) is 3. The second kappa shape index (κ2) is 6.70. The summed E-state index contributed by atoms with van der Waals surface area (Å²) >= 11 is 0. The summed E-state index contributed by atoms with van der Waals surface area (Å²) in [6, 6.07) is 13.9. The predicted octanol–water partition coefficient (Wildman–Crippen LogP) is 3.54. The molecule has 0 saturated heterocycles. The highest BCUT2D eigenvalue weighted by Crippen LogP contribution is 2.20. The molecule has 0 unspecified atom stereocenters. The van der Waals surface area contributed by atoms with E-state index in [1.165, 1.54) is 6.92 Å². The van der Waals surface area contributed by atoms with Crippen molar-refractivity contribution >= 4 is 17.4 Å². The fourth-order valence-corrected chi connectivity index (χ4v) is 1.92. The molecule has 108 valence electrons. The largest absolute Gasteiger partial charge is 0.493 e. The third-order valence-electron chi connectivity index (χ3n) is 2.98. The highest BCUT2D eigenvalue weighted by Gasteiger charge is 2.12. The number of para-hydroxylation sites is 1. The molecule has 2 rings (SSSR count). The van der Waals surface area contributed by atoms with Crippen LogP contribution in [0, 0.1) is 0 Å². The number of hydrogen-bond donors (Lipinski definition) is 1. The third kappa shape index (κ3) is 3.69. The van der Waals surface area contributed by atoms with Gasteiger partial charge in [-0.25, -0.2) is 0 Å². The van der Waals surface area contributed by atoms with E-state index in [9.17, 15) is 9.59 Å². The van der Waals surface area contributed by atoms with E-state index in [2.05, 4.69) is 5.32 Å². The lowest BCUT2D eigenvalue weighted by Crippen LogP contribution is -2.13. The van der Waals surface area contributed by atoms with Crippen molar-refractivity contribution in [1.82, 2.24) is 0 Å². The summed E-state index contributed by atoms with van der Waals surface area (Å²) in [5.74, 6) is 0.307. The molecule has 21 heavy (non-hydrogen) atoms. The van der Waals surface area contributed by atoms with Crippen molar-refractivity contribution in [2.24, 2.45) is 0 Å². The Morgan fingerprint density at radius 2 is 1.71 bits per heavy atom. The molecule has 2 aromatic rings. The molecule has 0 bridgehead atoms. The van der Waals surface area contributed by atoms with Gasteiger partial charge in [0.1, 0.15) is 5.75 Å². The van der Waals surface area contributed by atoms with Crippen LogP contribution in [0.25, 0.3) is 0 Å². The molecule has 0 atom stereocenters. The average Bonchev–Trinajstić information content (AvgIpc) is 2.48. The Morgan fingerprint density at radius 3 is 2.33 bits per heavy atom. The van der Waals surface area contributed by atoms with Crippen LogP contribution in [-0.2, 0) is 0 Å². The lowest BCUT2D eigenvalue weighted by Gasteiger charge is -2.10. The third-order valence-corrected chi connectivity index (χ3v) is 2.98. The van der Waals surface area contributed by atoms with E-state index in [4.69, 9.17) is 4.74 Å². The van der Waals surface area contributed by atoms with Gasteiger partial charge < -0.3 is 10.1 Å². The van der Waals surface area contributed by atoms with Crippen LogP contribution >= 0.6 is 0 Å². The number of ketones is 1. The van der Waals surface area contributed by atoms with Crippen molar-refractivity contribution < 1.29 is 14.3 Å². The van der Waals surface area contributed by atoms with Crippen molar-refractivity contribution in [1.29, 1.82) is 0 Å². The quantitative estimate of drug-likeness (QED) is 0.854. The lowest BCUT2D eigenvalue weighted by molar-refractivity contribution is 0.101. The van der Waals surface area contributed by atoms with Crippen molar-refractivity contribution in [3.05, 3.63) is 59.7 Å². The number of ether oxygens (including phenoxy) is 1. The van der Waals surface area contributed by atoms with E-state index < -0.39 is 0 Å². The number of anilines is 1. The van der Waals surface area contributed by atoms with Gasteiger partial charge in [-0.15, -0.1) is 0 Å². The van der Waals surface area contributed by atoms with Gasteiger partial charge in [-0.3, -0.25) is 9.59 Å². The average molecular weight is 283 g/mol. The minimum absolute atomic E-state index is 0.00503. The minimum atomic E-state index is -0.241. The van der Waals surface area contributed by atoms with Gasteiger partial charge in [0.2, 0.25) is 0 Å². The molecule has 0 aliphatic carbocycles. The second-order valence-electron chi connectivity index (χ2n) is 4.52. The summed E-state index contributed by atoms with van der Waals surface area (Å²) < 4.78 is 5.44. The van der Waals surface area contributed by atoms with Crippen molar-refractivity contribution in [2.45, 2.75) is 13.8 Å². The Balaban J connectivity index is 2.16. The highest BCUT2D eigenvalue weighted by atomic mass is 16.5. The second-order valence-corrected chi connectivity index (χ2v) is 4.52. The normalized spacial score (nSPS) is 10.0. The van der Waals surface area contributed by atoms with Gasteiger partial charge in [0.05, 0.1) is 12.2 Å². The fourth-order valence-electron chi connectivity index (χ4n) is 1.92. The zero-order valence-corrected chi connectivity index (χ0v) is 12.1. The molecule has 0 spiro atoms. The summed E-state index contributed by atoms with van der Waals surface area (Å²) in [5, 5.41) is 2.79. The van der Waals surface area contributed by atoms with Crippen LogP contribution < -0.4 is 10.1 Å². The molecular formula is C17H17NO3. The summed E-state index contributed by atoms with van der Waals surface area (Å²) in [7, 11) is 0. The number of carbonyl (C=O) groups is 2. The number of Topliss-reactive ketones (excluding diaryl/α,β-unsaturated/α-hetero) is 1. The lowest BCUT2D eigenvalue weighted by atomic mass is 10.1. The molecule has 0 aliphatic heterocycles. The summed E-state index contributed by atoms with van der Waals surface area (Å²) in [6.45, 7) is 3.87. The fraction of sp³-hybridized carbons (Fsp3) is 0.176. The molecule has 0 heterocycles. The molecule has 0 fully saturated rings. The Labute approximate surface area is 123 Å². The summed E-state index contributed by atoms with van der Waals surface area (Å²) in [6.07, 6.45) is 0. The first kappa shape index (κ1) is 14.8. The van der Waals surface area contributed by atoms with E-state index in [0.29, 0.717) is 29.2 Å². The van der Waals surface area contributed by atoms with Crippen molar-refractivity contribution in [3.8, 4) is 5.75 Å². The number of carbonyl (C=O) groups excluding carboxylic acids is 2. The van der Waals surface area contributed by atoms with Crippen molar-refractivity contribution in [3.63, 3.8) is 0 Å². The van der Waals surface area contributed by atoms with Crippen LogP contribution in [0.2, 0.25) is 0 Å². The van der Waals surface area contributed by atoms with Crippen LogP contribution in [0.5, 0.6) is 5.75 Å². The SMILES string of the molecule is CCOc1ccccc1C(=O)Nc1ccc(C(C)=O)cc1. The molecule has 1 amide bonds. The Kier molecular flexibility index (Phi) is 4.72. The maximum Gasteiger partial charge on any atom is 0.259 e. The topological polar surface area (TPSA) is 55.4 Å². The van der Waals surface area contributed by atoms with Crippen LogP contribution in [0.15, 0.2) is 48.5 Å². The molecule has 0 radical (unpaired) electrons. The maximum absolute atomic E-state index is 12.3. The van der Waals surface area contributed by atoms with Gasteiger partial charge in [-0.2, -0.15) is 0 Å². The van der Waals surface area contributed by atoms with Gasteiger partial charge in [0.15, 0.2) is 5.78 Å². The number of nitrogens with one attached hydrogen (secondary N) is 1. The first-order valence-corrected chi connectivity index (χ1v) is 6.76. The van der Waals surface area contributed by atoms with Gasteiger partial charge in [-0.05, 0) is 50.2 Å². The maximum atomic E-state index is 12.3. The molecule has 4 heteroatoms.